The van der Waals surface area contributed by atoms with Crippen molar-refractivity contribution in [1.82, 2.24) is 9.13 Å². The molecular weight excluding hydrogens is 893 g/mol. The Morgan fingerprint density at radius 3 is 0.811 bits per heavy atom. The van der Waals surface area contributed by atoms with Crippen molar-refractivity contribution >= 4 is 43.6 Å². The van der Waals surface area contributed by atoms with Gasteiger partial charge in [0, 0.05) is 32.9 Å². The Labute approximate surface area is 431 Å². The van der Waals surface area contributed by atoms with Crippen LogP contribution in [0.5, 0.6) is 0 Å². The van der Waals surface area contributed by atoms with Crippen molar-refractivity contribution < 1.29 is 0 Å². The molecule has 0 unspecified atom stereocenters. The molecule has 0 atom stereocenters. The molecule has 2 heterocycles. The molecule has 0 saturated heterocycles. The molecule has 2 nitrogen and oxygen atoms in total. The summed E-state index contributed by atoms with van der Waals surface area (Å²) in [4.78, 5) is 0. The molecule has 0 aliphatic carbocycles. The molecule has 2 aromatic heterocycles. The summed E-state index contributed by atoms with van der Waals surface area (Å²) in [6.45, 7) is 0. The highest BCUT2D eigenvalue weighted by atomic mass is 15.0. The molecule has 0 aliphatic rings. The van der Waals surface area contributed by atoms with Crippen LogP contribution in [0.25, 0.3) is 133 Å². The summed E-state index contributed by atoms with van der Waals surface area (Å²) in [5.41, 5.74) is 23.9. The van der Waals surface area contributed by atoms with Crippen LogP contribution in [-0.2, 0) is 0 Å². The maximum absolute atomic E-state index is 2.43. The monoisotopic (exact) mass is 940 g/mol. The molecule has 0 N–H and O–H groups in total. The fraction of sp³-hybridized carbons (Fsp3) is 0. The third-order valence-corrected chi connectivity index (χ3v) is 14.9. The van der Waals surface area contributed by atoms with Crippen LogP contribution < -0.4 is 0 Å². The van der Waals surface area contributed by atoms with Gasteiger partial charge in [-0.15, -0.1) is 0 Å². The van der Waals surface area contributed by atoms with Gasteiger partial charge in [-0.05, 0) is 157 Å². The first-order chi connectivity index (χ1) is 36.7. The number of benzene rings is 12. The van der Waals surface area contributed by atoms with E-state index in [1.165, 1.54) is 122 Å². The fourth-order valence-electron chi connectivity index (χ4n) is 11.3. The molecule has 12 aromatic carbocycles. The Balaban J connectivity index is 0.770. The van der Waals surface area contributed by atoms with E-state index in [9.17, 15) is 0 Å². The predicted molar refractivity (Wildman–Crippen MR) is 313 cm³/mol. The zero-order valence-electron chi connectivity index (χ0n) is 40.6. The van der Waals surface area contributed by atoms with Crippen molar-refractivity contribution in [3.8, 4) is 89.3 Å². The predicted octanol–water partition coefficient (Wildman–Crippen LogP) is 19.5. The van der Waals surface area contributed by atoms with Crippen molar-refractivity contribution in [1.29, 1.82) is 0 Å². The van der Waals surface area contributed by atoms with Crippen molar-refractivity contribution in [2.24, 2.45) is 0 Å². The van der Waals surface area contributed by atoms with Crippen LogP contribution in [0, 0.1) is 0 Å². The highest BCUT2D eigenvalue weighted by molar-refractivity contribution is 6.13. The van der Waals surface area contributed by atoms with E-state index in [1.54, 1.807) is 0 Å². The molecule has 74 heavy (non-hydrogen) atoms. The maximum Gasteiger partial charge on any atom is 0.0541 e. The van der Waals surface area contributed by atoms with Crippen molar-refractivity contribution in [2.45, 2.75) is 0 Å². The zero-order valence-corrected chi connectivity index (χ0v) is 40.6. The van der Waals surface area contributed by atoms with Crippen molar-refractivity contribution in [3.05, 3.63) is 291 Å². The van der Waals surface area contributed by atoms with E-state index < -0.39 is 0 Å². The number of fused-ring (bicyclic) bond motifs is 6. The van der Waals surface area contributed by atoms with Gasteiger partial charge in [0.05, 0.1) is 22.1 Å². The number of nitrogens with zero attached hydrogens (tertiary/aromatic N) is 2. The smallest absolute Gasteiger partial charge is 0.0541 e. The van der Waals surface area contributed by atoms with Gasteiger partial charge in [0.15, 0.2) is 0 Å². The molecule has 14 rings (SSSR count). The molecule has 0 amide bonds. The zero-order chi connectivity index (χ0) is 49.0. The first-order valence-electron chi connectivity index (χ1n) is 25.5. The first-order valence-corrected chi connectivity index (χ1v) is 25.5. The largest absolute Gasteiger partial charge is 0.309 e. The molecule has 0 spiro atoms. The van der Waals surface area contributed by atoms with E-state index in [4.69, 9.17) is 0 Å². The molecule has 0 fully saturated rings. The van der Waals surface area contributed by atoms with Gasteiger partial charge in [0.2, 0.25) is 0 Å². The Bertz CT molecular complexity index is 4400. The summed E-state index contributed by atoms with van der Waals surface area (Å²) in [5.74, 6) is 0. The van der Waals surface area contributed by atoms with E-state index in [1.807, 2.05) is 0 Å². The van der Waals surface area contributed by atoms with Gasteiger partial charge in [-0.1, -0.05) is 212 Å². The van der Waals surface area contributed by atoms with Crippen LogP contribution >= 0.6 is 0 Å². The Hall–Kier alpha value is -9.76. The highest BCUT2D eigenvalue weighted by Crippen LogP contribution is 2.40. The van der Waals surface area contributed by atoms with Gasteiger partial charge < -0.3 is 9.13 Å². The number of para-hydroxylation sites is 2. The van der Waals surface area contributed by atoms with Gasteiger partial charge in [-0.2, -0.15) is 0 Å². The quantitative estimate of drug-likeness (QED) is 0.136. The lowest BCUT2D eigenvalue weighted by molar-refractivity contribution is 1.18. The Morgan fingerprint density at radius 2 is 0.405 bits per heavy atom. The summed E-state index contributed by atoms with van der Waals surface area (Å²) >= 11 is 0. The molecule has 346 valence electrons. The normalized spacial score (nSPS) is 11.5. The van der Waals surface area contributed by atoms with Gasteiger partial charge in [0.1, 0.15) is 0 Å². The van der Waals surface area contributed by atoms with E-state index in [0.29, 0.717) is 0 Å². The van der Waals surface area contributed by atoms with Crippen molar-refractivity contribution in [3.63, 3.8) is 0 Å². The Kier molecular flexibility index (Phi) is 10.6. The molecular formula is C72H48N2. The topological polar surface area (TPSA) is 9.86 Å². The third kappa shape index (κ3) is 7.69. The lowest BCUT2D eigenvalue weighted by Crippen LogP contribution is -1.94. The van der Waals surface area contributed by atoms with Crippen molar-refractivity contribution in [2.75, 3.05) is 0 Å². The fourth-order valence-corrected chi connectivity index (χ4v) is 11.3. The van der Waals surface area contributed by atoms with Crippen LogP contribution in [0.15, 0.2) is 291 Å². The summed E-state index contributed by atoms with van der Waals surface area (Å²) in [6, 6.07) is 106. The standard InChI is InChI=1S/C72H48N2/c1-3-16-49(17-4-1)53-20-11-23-56(42-53)57-24-12-21-54(43-57)51-34-36-52(37-35-51)55-22-13-25-58(44-55)60-27-15-29-64(46-60)74-70-33-10-8-31-66(70)68-48-62(39-41-72(68)74)61-38-40-71-67(47-61)65-30-7-9-32-69(65)73(71)63-28-14-26-59(45-63)50-18-5-2-6-19-50/h1-48H. The van der Waals surface area contributed by atoms with Gasteiger partial charge in [-0.25, -0.2) is 0 Å². The summed E-state index contributed by atoms with van der Waals surface area (Å²) in [7, 11) is 0. The molecule has 0 radical (unpaired) electrons. The second-order valence-corrected chi connectivity index (χ2v) is 19.3. The first kappa shape index (κ1) is 43.1. The Morgan fingerprint density at radius 1 is 0.149 bits per heavy atom. The van der Waals surface area contributed by atoms with Gasteiger partial charge in [0.25, 0.3) is 0 Å². The number of rotatable bonds is 9. The van der Waals surface area contributed by atoms with E-state index >= 15 is 0 Å². The van der Waals surface area contributed by atoms with Gasteiger partial charge in [-0.3, -0.25) is 0 Å². The number of hydrogen-bond acceptors (Lipinski definition) is 0. The van der Waals surface area contributed by atoms with E-state index in [2.05, 4.69) is 300 Å². The van der Waals surface area contributed by atoms with Crippen LogP contribution in [-0.4, -0.2) is 9.13 Å². The highest BCUT2D eigenvalue weighted by Gasteiger charge is 2.17. The van der Waals surface area contributed by atoms with E-state index in [-0.39, 0.29) is 0 Å². The average Bonchev–Trinajstić information content (AvgIpc) is 4.01. The second-order valence-electron chi connectivity index (χ2n) is 19.3. The second kappa shape index (κ2) is 18.1. The van der Waals surface area contributed by atoms with Gasteiger partial charge >= 0.3 is 0 Å². The van der Waals surface area contributed by atoms with Crippen LogP contribution in [0.4, 0.5) is 0 Å². The molecule has 2 heteroatoms. The van der Waals surface area contributed by atoms with E-state index in [0.717, 1.165) is 11.4 Å². The summed E-state index contributed by atoms with van der Waals surface area (Å²) in [6.07, 6.45) is 0. The lowest BCUT2D eigenvalue weighted by Gasteiger charge is -2.12. The molecule has 0 saturated carbocycles. The molecule has 14 aromatic rings. The van der Waals surface area contributed by atoms with Crippen LogP contribution in [0.1, 0.15) is 0 Å². The number of hydrogen-bond donors (Lipinski definition) is 0. The SMILES string of the molecule is c1ccc(-c2cccc(-c3cccc(-c4ccc(-c5cccc(-c6cccc(-n7c8ccccc8c8cc(-c9ccc%10c(c9)c9ccccc9n%10-c9cccc(-c%10ccccc%10)c9)ccc87)c6)c5)cc4)c3)c2)cc1. The lowest BCUT2D eigenvalue weighted by atomic mass is 9.95. The van der Waals surface area contributed by atoms with Crippen LogP contribution in [0.3, 0.4) is 0 Å². The third-order valence-electron chi connectivity index (χ3n) is 14.9. The minimum atomic E-state index is 1.13. The minimum absolute atomic E-state index is 1.13. The van der Waals surface area contributed by atoms with Crippen LogP contribution in [0.2, 0.25) is 0 Å². The maximum atomic E-state index is 2.43. The average molecular weight is 941 g/mol. The molecule has 0 aliphatic heterocycles. The summed E-state index contributed by atoms with van der Waals surface area (Å²) < 4.78 is 4.84. The number of aromatic nitrogens is 2. The summed E-state index contributed by atoms with van der Waals surface area (Å²) in [5, 5.41) is 4.96. The molecule has 0 bridgehead atoms. The minimum Gasteiger partial charge on any atom is -0.309 e.